The Morgan fingerprint density at radius 1 is 1.35 bits per heavy atom. The van der Waals surface area contributed by atoms with Gasteiger partial charge in [0.15, 0.2) is 5.76 Å². The van der Waals surface area contributed by atoms with Crippen molar-refractivity contribution in [3.8, 4) is 11.3 Å². The molecule has 7 heteroatoms. The van der Waals surface area contributed by atoms with Gasteiger partial charge in [0.2, 0.25) is 5.91 Å². The molecule has 1 spiro atoms. The molecule has 2 aliphatic rings. The summed E-state index contributed by atoms with van der Waals surface area (Å²) in [5.41, 5.74) is 1.77. The van der Waals surface area contributed by atoms with Crippen LogP contribution in [0.4, 0.5) is 0 Å². The molecule has 1 aromatic carbocycles. The molecule has 4 rings (SSSR count). The average Bonchev–Trinajstić information content (AvgIpc) is 3.29. The van der Waals surface area contributed by atoms with Crippen molar-refractivity contribution >= 4 is 17.5 Å². The van der Waals surface area contributed by atoms with Gasteiger partial charge < -0.3 is 20.5 Å². The van der Waals surface area contributed by atoms with Crippen LogP contribution >= 0.6 is 11.6 Å². The van der Waals surface area contributed by atoms with Crippen LogP contribution in [0.2, 0.25) is 5.02 Å². The van der Waals surface area contributed by atoms with Crippen molar-refractivity contribution in [1.29, 1.82) is 0 Å². The molecule has 1 atom stereocenters. The average molecular weight is 375 g/mol. The molecule has 0 aliphatic carbocycles. The van der Waals surface area contributed by atoms with E-state index in [0.717, 1.165) is 44.5 Å². The molecule has 2 aliphatic heterocycles. The van der Waals surface area contributed by atoms with E-state index < -0.39 is 0 Å². The first kappa shape index (κ1) is 17.5. The quantitative estimate of drug-likeness (QED) is 0.765. The minimum absolute atomic E-state index is 0.0242. The lowest BCUT2D eigenvalue weighted by Crippen LogP contribution is -2.40. The van der Waals surface area contributed by atoms with Gasteiger partial charge in [0.05, 0.1) is 17.6 Å². The number of benzene rings is 1. The highest BCUT2D eigenvalue weighted by molar-refractivity contribution is 6.33. The molecular weight excluding hydrogens is 352 g/mol. The summed E-state index contributed by atoms with van der Waals surface area (Å²) in [5.74, 6) is 0.638. The maximum Gasteiger partial charge on any atom is 0.237 e. The van der Waals surface area contributed by atoms with Gasteiger partial charge in [-0.1, -0.05) is 35.0 Å². The molecule has 1 amide bonds. The zero-order chi connectivity index (χ0) is 18.0. The van der Waals surface area contributed by atoms with Crippen LogP contribution in [0.15, 0.2) is 34.9 Å². The molecule has 2 fully saturated rings. The van der Waals surface area contributed by atoms with Crippen LogP contribution < -0.4 is 16.0 Å². The van der Waals surface area contributed by atoms with Gasteiger partial charge in [-0.25, -0.2) is 0 Å². The van der Waals surface area contributed by atoms with Gasteiger partial charge in [-0.05, 0) is 43.8 Å². The molecule has 6 nitrogen and oxygen atoms in total. The zero-order valence-corrected chi connectivity index (χ0v) is 15.3. The lowest BCUT2D eigenvalue weighted by molar-refractivity contribution is -0.123. The van der Waals surface area contributed by atoms with Crippen molar-refractivity contribution in [3.05, 3.63) is 41.1 Å². The van der Waals surface area contributed by atoms with Crippen molar-refractivity contribution in [2.45, 2.75) is 31.8 Å². The summed E-state index contributed by atoms with van der Waals surface area (Å²) >= 11 is 6.19. The van der Waals surface area contributed by atoms with Crippen LogP contribution in [-0.4, -0.2) is 36.7 Å². The predicted molar refractivity (Wildman–Crippen MR) is 99.7 cm³/mol. The van der Waals surface area contributed by atoms with E-state index in [1.54, 1.807) is 0 Å². The second kappa shape index (κ2) is 7.39. The molecular formula is C19H23ClN4O2. The third-order valence-corrected chi connectivity index (χ3v) is 5.82. The van der Waals surface area contributed by atoms with Crippen LogP contribution in [0.1, 0.15) is 25.0 Å². The summed E-state index contributed by atoms with van der Waals surface area (Å²) < 4.78 is 5.34. The first-order chi connectivity index (χ1) is 12.7. The Kier molecular flexibility index (Phi) is 4.98. The van der Waals surface area contributed by atoms with Crippen molar-refractivity contribution < 1.29 is 9.32 Å². The highest BCUT2D eigenvalue weighted by atomic mass is 35.5. The highest BCUT2D eigenvalue weighted by Crippen LogP contribution is 2.37. The number of hydrogen-bond donors (Lipinski definition) is 3. The minimum Gasteiger partial charge on any atom is -0.359 e. The zero-order valence-electron chi connectivity index (χ0n) is 14.6. The number of aromatic nitrogens is 1. The second-order valence-electron chi connectivity index (χ2n) is 7.26. The van der Waals surface area contributed by atoms with Crippen molar-refractivity contribution in [2.24, 2.45) is 5.41 Å². The summed E-state index contributed by atoms with van der Waals surface area (Å²) in [6.45, 7) is 3.33. The molecule has 2 saturated heterocycles. The van der Waals surface area contributed by atoms with E-state index >= 15 is 0 Å². The molecule has 3 N–H and O–H groups in total. The summed E-state index contributed by atoms with van der Waals surface area (Å²) in [6, 6.07) is 9.17. The van der Waals surface area contributed by atoms with E-state index in [4.69, 9.17) is 16.1 Å². The summed E-state index contributed by atoms with van der Waals surface area (Å²) in [5, 5.41) is 14.4. The number of halogens is 1. The Bertz CT molecular complexity index is 785. The van der Waals surface area contributed by atoms with Crippen LogP contribution in [0.5, 0.6) is 0 Å². The van der Waals surface area contributed by atoms with E-state index in [1.165, 1.54) is 0 Å². The normalized spacial score (nSPS) is 21.8. The van der Waals surface area contributed by atoms with Gasteiger partial charge >= 0.3 is 0 Å². The van der Waals surface area contributed by atoms with Crippen LogP contribution in [0, 0.1) is 5.41 Å². The first-order valence-electron chi connectivity index (χ1n) is 9.08. The predicted octanol–water partition coefficient (Wildman–Crippen LogP) is 2.34. The Labute approximate surface area is 157 Å². The summed E-state index contributed by atoms with van der Waals surface area (Å²) in [6.07, 6.45) is 3.17. The molecule has 1 aromatic heterocycles. The van der Waals surface area contributed by atoms with Crippen LogP contribution in [-0.2, 0) is 11.3 Å². The lowest BCUT2D eigenvalue weighted by Gasteiger charge is -2.33. The number of piperidine rings is 1. The largest absolute Gasteiger partial charge is 0.359 e. The Morgan fingerprint density at radius 3 is 2.96 bits per heavy atom. The molecule has 2 aromatic rings. The third kappa shape index (κ3) is 3.63. The topological polar surface area (TPSA) is 79.2 Å². The van der Waals surface area contributed by atoms with E-state index in [-0.39, 0.29) is 17.4 Å². The van der Waals surface area contributed by atoms with Gasteiger partial charge in [0, 0.05) is 18.2 Å². The summed E-state index contributed by atoms with van der Waals surface area (Å²) in [7, 11) is 0. The number of hydrogen-bond acceptors (Lipinski definition) is 5. The first-order valence-corrected chi connectivity index (χ1v) is 9.45. The molecule has 0 bridgehead atoms. The highest BCUT2D eigenvalue weighted by Gasteiger charge is 2.42. The number of carbonyl (C=O) groups excluding carboxylic acids is 1. The van der Waals surface area contributed by atoms with Gasteiger partial charge in [0.1, 0.15) is 5.69 Å². The fourth-order valence-corrected chi connectivity index (χ4v) is 4.16. The van der Waals surface area contributed by atoms with Crippen molar-refractivity contribution in [1.82, 2.24) is 21.1 Å². The lowest BCUT2D eigenvalue weighted by atomic mass is 9.77. The minimum atomic E-state index is -0.126. The Morgan fingerprint density at radius 2 is 2.15 bits per heavy atom. The van der Waals surface area contributed by atoms with E-state index in [0.29, 0.717) is 23.0 Å². The van der Waals surface area contributed by atoms with Crippen LogP contribution in [0.3, 0.4) is 0 Å². The van der Waals surface area contributed by atoms with E-state index in [2.05, 4.69) is 21.1 Å². The molecule has 0 saturated carbocycles. The number of nitrogens with one attached hydrogen (secondary N) is 3. The SMILES string of the molecule is O=C(NCc1cc(-c2ccccc2Cl)no1)[C@@H]1CC2(CCNCC2)CN1. The molecule has 3 heterocycles. The Hall–Kier alpha value is -1.89. The molecule has 0 radical (unpaired) electrons. The fraction of sp³-hybridized carbons (Fsp3) is 0.474. The Balaban J connectivity index is 1.33. The van der Waals surface area contributed by atoms with Gasteiger partial charge in [0.25, 0.3) is 0 Å². The molecule has 26 heavy (non-hydrogen) atoms. The molecule has 0 unspecified atom stereocenters. The third-order valence-electron chi connectivity index (χ3n) is 5.49. The smallest absolute Gasteiger partial charge is 0.237 e. The fourth-order valence-electron chi connectivity index (χ4n) is 3.93. The number of rotatable bonds is 4. The number of nitrogens with zero attached hydrogens (tertiary/aromatic N) is 1. The van der Waals surface area contributed by atoms with Gasteiger partial charge in [-0.3, -0.25) is 4.79 Å². The van der Waals surface area contributed by atoms with Gasteiger partial charge in [-0.2, -0.15) is 0 Å². The van der Waals surface area contributed by atoms with E-state index in [1.807, 2.05) is 30.3 Å². The molecule has 138 valence electrons. The van der Waals surface area contributed by atoms with E-state index in [9.17, 15) is 4.79 Å². The number of carbonyl (C=O) groups is 1. The van der Waals surface area contributed by atoms with Gasteiger partial charge in [-0.15, -0.1) is 0 Å². The summed E-state index contributed by atoms with van der Waals surface area (Å²) in [4.78, 5) is 12.5. The standard InChI is InChI=1S/C19H23ClN4O2/c20-15-4-2-1-3-14(15)16-9-13(26-24-16)11-22-18(25)17-10-19(12-23-17)5-7-21-8-6-19/h1-4,9,17,21,23H,5-8,10-12H2,(H,22,25)/t17-/m0/s1. The van der Waals surface area contributed by atoms with Crippen LogP contribution in [0.25, 0.3) is 11.3 Å². The van der Waals surface area contributed by atoms with Crippen molar-refractivity contribution in [3.63, 3.8) is 0 Å². The maximum atomic E-state index is 12.5. The van der Waals surface area contributed by atoms with Crippen molar-refractivity contribution in [2.75, 3.05) is 19.6 Å². The maximum absolute atomic E-state index is 12.5. The monoisotopic (exact) mass is 374 g/mol. The second-order valence-corrected chi connectivity index (χ2v) is 7.67. The number of amides is 1.